The monoisotopic (exact) mass is 403 g/mol. The lowest BCUT2D eigenvalue weighted by Gasteiger charge is -2.32. The predicted octanol–water partition coefficient (Wildman–Crippen LogP) is 4.50. The molecule has 4 aromatic rings. The molecule has 0 radical (unpaired) electrons. The van der Waals surface area contributed by atoms with Gasteiger partial charge in [-0.25, -0.2) is 9.37 Å². The highest BCUT2D eigenvalue weighted by Crippen LogP contribution is 2.32. The maximum Gasteiger partial charge on any atom is 0.263 e. The van der Waals surface area contributed by atoms with Gasteiger partial charge in [-0.3, -0.25) is 4.90 Å². The maximum absolute atomic E-state index is 13.3. The van der Waals surface area contributed by atoms with Gasteiger partial charge in [-0.1, -0.05) is 35.5 Å². The van der Waals surface area contributed by atoms with E-state index >= 15 is 0 Å². The predicted molar refractivity (Wildman–Crippen MR) is 113 cm³/mol. The number of likely N-dealkylation sites (tertiary alicyclic amines) is 1. The number of benzene rings is 2. The topological polar surface area (TPSA) is 67.1 Å². The lowest BCUT2D eigenvalue weighted by Crippen LogP contribution is -2.38. The summed E-state index contributed by atoms with van der Waals surface area (Å²) >= 11 is 0. The second kappa shape index (κ2) is 8.20. The first-order valence-corrected chi connectivity index (χ1v) is 10.2. The number of rotatable bonds is 5. The minimum absolute atomic E-state index is 0.289. The first kappa shape index (κ1) is 18.7. The summed E-state index contributed by atoms with van der Waals surface area (Å²) in [7, 11) is 0. The van der Waals surface area contributed by atoms with Gasteiger partial charge in [-0.15, -0.1) is 0 Å². The fourth-order valence-corrected chi connectivity index (χ4v) is 3.97. The molecule has 0 bridgehead atoms. The van der Waals surface area contributed by atoms with E-state index in [1.165, 1.54) is 24.0 Å². The molecule has 1 saturated heterocycles. The molecule has 0 saturated carbocycles. The molecule has 30 heavy (non-hydrogen) atoms. The van der Waals surface area contributed by atoms with Crippen LogP contribution in [-0.2, 0) is 6.54 Å². The Morgan fingerprint density at radius 2 is 1.77 bits per heavy atom. The van der Waals surface area contributed by atoms with Gasteiger partial charge < -0.3 is 9.84 Å². The third-order valence-corrected chi connectivity index (χ3v) is 5.57. The highest BCUT2D eigenvalue weighted by atomic mass is 19.1. The summed E-state index contributed by atoms with van der Waals surface area (Å²) in [6, 6.07) is 17.1. The Balaban J connectivity index is 1.31. The van der Waals surface area contributed by atoms with E-state index in [4.69, 9.17) is 4.52 Å². The number of hydrogen-bond donors (Lipinski definition) is 1. The first-order valence-electron chi connectivity index (χ1n) is 10.2. The molecule has 1 aliphatic rings. The van der Waals surface area contributed by atoms with Crippen LogP contribution < -0.4 is 5.32 Å². The molecular formula is C23H22FN5O. The third kappa shape index (κ3) is 3.89. The summed E-state index contributed by atoms with van der Waals surface area (Å²) in [4.78, 5) is 11.1. The van der Waals surface area contributed by atoms with Crippen LogP contribution in [0.1, 0.15) is 18.4 Å². The van der Waals surface area contributed by atoms with Crippen LogP contribution in [0.5, 0.6) is 0 Å². The van der Waals surface area contributed by atoms with E-state index in [-0.39, 0.29) is 5.82 Å². The second-order valence-corrected chi connectivity index (χ2v) is 7.62. The van der Waals surface area contributed by atoms with E-state index in [0.29, 0.717) is 23.3 Å². The van der Waals surface area contributed by atoms with Gasteiger partial charge in [0.1, 0.15) is 29.0 Å². The van der Waals surface area contributed by atoms with Crippen molar-refractivity contribution in [3.05, 3.63) is 72.3 Å². The minimum Gasteiger partial charge on any atom is -0.366 e. The summed E-state index contributed by atoms with van der Waals surface area (Å²) in [5.41, 5.74) is 3.16. The highest BCUT2D eigenvalue weighted by Gasteiger charge is 2.22. The molecule has 2 aromatic carbocycles. The van der Waals surface area contributed by atoms with E-state index < -0.39 is 0 Å². The minimum atomic E-state index is -0.289. The Bertz CT molecular complexity index is 1120. The number of aromatic nitrogens is 3. The zero-order chi connectivity index (χ0) is 20.3. The van der Waals surface area contributed by atoms with Crippen molar-refractivity contribution in [2.75, 3.05) is 18.4 Å². The highest BCUT2D eigenvalue weighted by molar-refractivity contribution is 5.97. The Morgan fingerprint density at radius 1 is 1.00 bits per heavy atom. The average Bonchev–Trinajstić information content (AvgIpc) is 3.22. The number of nitrogens with zero attached hydrogens (tertiary/aromatic N) is 4. The van der Waals surface area contributed by atoms with E-state index in [2.05, 4.69) is 49.6 Å². The van der Waals surface area contributed by atoms with Crippen molar-refractivity contribution in [1.29, 1.82) is 0 Å². The van der Waals surface area contributed by atoms with Crippen LogP contribution in [0.4, 0.5) is 10.2 Å². The van der Waals surface area contributed by atoms with Gasteiger partial charge in [0.15, 0.2) is 0 Å². The smallest absolute Gasteiger partial charge is 0.263 e. The standard InChI is InChI=1S/C23H22FN5O/c24-18-8-6-17(7-9-18)21-20-22(25-15-26-23(20)30-28-21)27-19-10-12-29(13-11-19)14-16-4-2-1-3-5-16/h1-9,15,19H,10-14H2,(H,25,26,27). The van der Waals surface area contributed by atoms with E-state index in [1.807, 2.05) is 6.07 Å². The zero-order valence-electron chi connectivity index (χ0n) is 16.5. The van der Waals surface area contributed by atoms with Gasteiger partial charge >= 0.3 is 0 Å². The second-order valence-electron chi connectivity index (χ2n) is 7.62. The van der Waals surface area contributed by atoms with Crippen LogP contribution in [0.25, 0.3) is 22.4 Å². The van der Waals surface area contributed by atoms with Crippen LogP contribution in [-0.4, -0.2) is 39.2 Å². The quantitative estimate of drug-likeness (QED) is 0.529. The fraction of sp³-hybridized carbons (Fsp3) is 0.261. The Labute approximate surface area is 173 Å². The summed E-state index contributed by atoms with van der Waals surface area (Å²) < 4.78 is 18.7. The molecule has 152 valence electrons. The van der Waals surface area contributed by atoms with Crippen LogP contribution in [0.2, 0.25) is 0 Å². The average molecular weight is 403 g/mol. The van der Waals surface area contributed by atoms with Gasteiger partial charge in [0, 0.05) is 31.2 Å². The van der Waals surface area contributed by atoms with Crippen molar-refractivity contribution in [1.82, 2.24) is 20.0 Å². The summed E-state index contributed by atoms with van der Waals surface area (Å²) in [5, 5.41) is 8.46. The Hall–Kier alpha value is -3.32. The molecule has 5 rings (SSSR count). The first-order chi connectivity index (χ1) is 14.8. The molecule has 0 amide bonds. The van der Waals surface area contributed by atoms with Crippen molar-refractivity contribution in [3.63, 3.8) is 0 Å². The number of fused-ring (bicyclic) bond motifs is 1. The number of hydrogen-bond acceptors (Lipinski definition) is 6. The molecule has 6 nitrogen and oxygen atoms in total. The largest absolute Gasteiger partial charge is 0.366 e. The molecule has 1 aliphatic heterocycles. The number of piperidine rings is 1. The van der Waals surface area contributed by atoms with Gasteiger partial charge in [-0.2, -0.15) is 4.98 Å². The van der Waals surface area contributed by atoms with Gasteiger partial charge in [0.2, 0.25) is 0 Å². The summed E-state index contributed by atoms with van der Waals surface area (Å²) in [5.74, 6) is 0.422. The molecule has 2 aromatic heterocycles. The third-order valence-electron chi connectivity index (χ3n) is 5.57. The lowest BCUT2D eigenvalue weighted by atomic mass is 10.0. The van der Waals surface area contributed by atoms with Crippen molar-refractivity contribution >= 4 is 16.9 Å². The van der Waals surface area contributed by atoms with Crippen molar-refractivity contribution < 1.29 is 8.91 Å². The van der Waals surface area contributed by atoms with Crippen LogP contribution in [0.15, 0.2) is 65.4 Å². The summed E-state index contributed by atoms with van der Waals surface area (Å²) in [6.45, 7) is 3.02. The molecule has 3 heterocycles. The van der Waals surface area contributed by atoms with Crippen molar-refractivity contribution in [3.8, 4) is 11.3 Å². The Morgan fingerprint density at radius 3 is 2.53 bits per heavy atom. The van der Waals surface area contributed by atoms with E-state index in [1.54, 1.807) is 12.1 Å². The van der Waals surface area contributed by atoms with E-state index in [9.17, 15) is 4.39 Å². The molecule has 0 unspecified atom stereocenters. The molecule has 7 heteroatoms. The number of anilines is 1. The maximum atomic E-state index is 13.3. The van der Waals surface area contributed by atoms with Crippen LogP contribution in [0, 0.1) is 5.82 Å². The van der Waals surface area contributed by atoms with E-state index in [0.717, 1.165) is 43.4 Å². The molecule has 0 aliphatic carbocycles. The van der Waals surface area contributed by atoms with Gasteiger partial charge in [0.05, 0.1) is 0 Å². The lowest BCUT2D eigenvalue weighted by molar-refractivity contribution is 0.211. The van der Waals surface area contributed by atoms with Gasteiger partial charge in [0.25, 0.3) is 5.71 Å². The molecule has 0 atom stereocenters. The van der Waals surface area contributed by atoms with Crippen molar-refractivity contribution in [2.45, 2.75) is 25.4 Å². The van der Waals surface area contributed by atoms with Gasteiger partial charge in [-0.05, 0) is 42.7 Å². The van der Waals surface area contributed by atoms with Crippen LogP contribution >= 0.6 is 0 Å². The summed E-state index contributed by atoms with van der Waals surface area (Å²) in [6.07, 6.45) is 3.53. The normalized spacial score (nSPS) is 15.5. The van der Waals surface area contributed by atoms with Crippen molar-refractivity contribution in [2.24, 2.45) is 0 Å². The molecular weight excluding hydrogens is 381 g/mol. The molecule has 0 spiro atoms. The number of halogens is 1. The SMILES string of the molecule is Fc1ccc(-c2noc3ncnc(NC4CCN(Cc5ccccc5)CC4)c23)cc1. The molecule has 1 N–H and O–H groups in total. The van der Waals surface area contributed by atoms with Crippen LogP contribution in [0.3, 0.4) is 0 Å². The fourth-order valence-electron chi connectivity index (χ4n) is 3.97. The zero-order valence-corrected chi connectivity index (χ0v) is 16.5. The Kier molecular flexibility index (Phi) is 5.11. The molecule has 1 fully saturated rings. The number of nitrogens with one attached hydrogen (secondary N) is 1.